The number of halogens is 2. The van der Waals surface area contributed by atoms with E-state index in [0.717, 1.165) is 23.2 Å². The molecule has 5 rings (SSSR count). The molecule has 2 N–H and O–H groups in total. The molecule has 0 bridgehead atoms. The highest BCUT2D eigenvalue weighted by atomic mass is 35.5. The van der Waals surface area contributed by atoms with Crippen LogP contribution in [0.5, 0.6) is 0 Å². The number of hydrogen-bond acceptors (Lipinski definition) is 4. The van der Waals surface area contributed by atoms with Gasteiger partial charge >= 0.3 is 0 Å². The number of allylic oxidation sites excluding steroid dienone is 2. The van der Waals surface area contributed by atoms with Crippen molar-refractivity contribution in [1.29, 1.82) is 0 Å². The van der Waals surface area contributed by atoms with E-state index < -0.39 is 0 Å². The Hall–Kier alpha value is -3.35. The highest BCUT2D eigenvalue weighted by Gasteiger charge is 2.38. The molecule has 1 aliphatic heterocycles. The van der Waals surface area contributed by atoms with Gasteiger partial charge in [-0.25, -0.2) is 0 Å². The predicted molar refractivity (Wildman–Crippen MR) is 130 cm³/mol. The van der Waals surface area contributed by atoms with Crippen molar-refractivity contribution < 1.29 is 9.72 Å². The Balaban J connectivity index is 1.41. The van der Waals surface area contributed by atoms with Crippen molar-refractivity contribution in [2.45, 2.75) is 18.4 Å². The fraction of sp³-hybridized carbons (Fsp3) is 0.160. The molecule has 6 nitrogen and oxygen atoms in total. The number of nitrogens with zero attached hydrogens (tertiary/aromatic N) is 1. The SMILES string of the molecule is O=C(Nc1ccc2c(c1)[C@H]1C=CC[C@@H]1[C@H](c1ccc([N+](=O)[O-])cc1)N2)c1ccc(Cl)cc1Cl. The van der Waals surface area contributed by atoms with Crippen molar-refractivity contribution in [3.63, 3.8) is 0 Å². The summed E-state index contributed by atoms with van der Waals surface area (Å²) in [5, 5.41) is 18.3. The van der Waals surface area contributed by atoms with Crippen LogP contribution in [0.25, 0.3) is 0 Å². The van der Waals surface area contributed by atoms with Crippen LogP contribution in [0.4, 0.5) is 17.1 Å². The number of anilines is 2. The van der Waals surface area contributed by atoms with Crippen LogP contribution in [0.3, 0.4) is 0 Å². The molecule has 0 radical (unpaired) electrons. The Morgan fingerprint density at radius 2 is 1.85 bits per heavy atom. The molecular formula is C25H19Cl2N3O3. The molecule has 2 aliphatic rings. The van der Waals surface area contributed by atoms with Gasteiger partial charge in [0.15, 0.2) is 0 Å². The molecule has 3 aromatic rings. The molecule has 33 heavy (non-hydrogen) atoms. The van der Waals surface area contributed by atoms with Crippen LogP contribution in [-0.2, 0) is 0 Å². The number of nitro groups is 1. The number of carbonyl (C=O) groups excluding carboxylic acids is 1. The second-order valence-electron chi connectivity index (χ2n) is 8.20. The van der Waals surface area contributed by atoms with Gasteiger partial charge in [-0.3, -0.25) is 14.9 Å². The van der Waals surface area contributed by atoms with E-state index in [1.807, 2.05) is 30.3 Å². The minimum atomic E-state index is -0.389. The summed E-state index contributed by atoms with van der Waals surface area (Å²) >= 11 is 12.1. The number of non-ortho nitro benzene ring substituents is 1. The highest BCUT2D eigenvalue weighted by Crippen LogP contribution is 2.50. The zero-order chi connectivity index (χ0) is 23.1. The van der Waals surface area contributed by atoms with Crippen LogP contribution >= 0.6 is 23.2 Å². The monoisotopic (exact) mass is 479 g/mol. The first-order valence-electron chi connectivity index (χ1n) is 10.5. The quantitative estimate of drug-likeness (QED) is 0.240. The van der Waals surface area contributed by atoms with E-state index in [0.29, 0.717) is 21.3 Å². The Labute approximate surface area is 200 Å². The third kappa shape index (κ3) is 4.08. The molecule has 1 aliphatic carbocycles. The lowest BCUT2D eigenvalue weighted by Gasteiger charge is -2.37. The third-order valence-electron chi connectivity index (χ3n) is 6.26. The van der Waals surface area contributed by atoms with Crippen molar-refractivity contribution in [3.8, 4) is 0 Å². The average molecular weight is 480 g/mol. The minimum absolute atomic E-state index is 0.0339. The first-order chi connectivity index (χ1) is 15.9. The number of hydrogen-bond donors (Lipinski definition) is 2. The van der Waals surface area contributed by atoms with Crippen LogP contribution in [0.15, 0.2) is 72.8 Å². The van der Waals surface area contributed by atoms with Crippen LogP contribution in [0, 0.1) is 16.0 Å². The maximum atomic E-state index is 12.7. The summed E-state index contributed by atoms with van der Waals surface area (Å²) in [5.74, 6) is 0.149. The predicted octanol–water partition coefficient (Wildman–Crippen LogP) is 6.98. The van der Waals surface area contributed by atoms with E-state index in [1.165, 1.54) is 0 Å². The number of amides is 1. The standard InChI is InChI=1S/C25H19Cl2N3O3/c26-15-6-10-20(22(27)12-15)25(31)28-16-7-11-23-21(13-16)18-2-1-3-19(18)24(29-23)14-4-8-17(9-5-14)30(32)33/h1-2,4-13,18-19,24,29H,3H2,(H,28,31)/t18-,19-,24-/m0/s1. The molecule has 3 aromatic carbocycles. The highest BCUT2D eigenvalue weighted by molar-refractivity contribution is 6.37. The topological polar surface area (TPSA) is 84.3 Å². The van der Waals surface area contributed by atoms with Gasteiger partial charge in [-0.15, -0.1) is 0 Å². The van der Waals surface area contributed by atoms with Gasteiger partial charge in [0, 0.05) is 34.4 Å². The van der Waals surface area contributed by atoms with Crippen molar-refractivity contribution in [2.75, 3.05) is 10.6 Å². The van der Waals surface area contributed by atoms with Crippen molar-refractivity contribution in [1.82, 2.24) is 0 Å². The Kier molecular flexibility index (Phi) is 5.56. The molecule has 3 atom stereocenters. The van der Waals surface area contributed by atoms with Crippen molar-refractivity contribution in [3.05, 3.63) is 110 Å². The molecule has 0 unspecified atom stereocenters. The van der Waals surface area contributed by atoms with E-state index in [4.69, 9.17) is 23.2 Å². The largest absolute Gasteiger partial charge is 0.378 e. The molecule has 0 saturated heterocycles. The van der Waals surface area contributed by atoms with Gasteiger partial charge in [-0.05, 0) is 59.9 Å². The molecule has 1 heterocycles. The first-order valence-corrected chi connectivity index (χ1v) is 11.2. The molecule has 0 saturated carbocycles. The number of carbonyl (C=O) groups is 1. The molecule has 0 aromatic heterocycles. The summed E-state index contributed by atoms with van der Waals surface area (Å²) in [4.78, 5) is 23.4. The second kappa shape index (κ2) is 8.54. The normalized spacial score (nSPS) is 20.5. The van der Waals surface area contributed by atoms with Gasteiger partial charge in [-0.2, -0.15) is 0 Å². The molecule has 1 amide bonds. The van der Waals surface area contributed by atoms with Crippen molar-refractivity contribution in [2.24, 2.45) is 5.92 Å². The van der Waals surface area contributed by atoms with E-state index in [9.17, 15) is 14.9 Å². The summed E-state index contributed by atoms with van der Waals surface area (Å²) in [7, 11) is 0. The zero-order valence-electron chi connectivity index (χ0n) is 17.3. The van der Waals surface area contributed by atoms with Gasteiger partial charge in [0.25, 0.3) is 11.6 Å². The third-order valence-corrected chi connectivity index (χ3v) is 6.81. The number of nitro benzene ring substituents is 1. The Morgan fingerprint density at radius 3 is 2.58 bits per heavy atom. The number of nitrogens with one attached hydrogen (secondary N) is 2. The average Bonchev–Trinajstić information content (AvgIpc) is 3.29. The molecular weight excluding hydrogens is 461 g/mol. The van der Waals surface area contributed by atoms with Gasteiger partial charge < -0.3 is 10.6 Å². The second-order valence-corrected chi connectivity index (χ2v) is 9.05. The first kappa shape index (κ1) is 21.5. The summed E-state index contributed by atoms with van der Waals surface area (Å²) in [6.07, 6.45) is 5.27. The van der Waals surface area contributed by atoms with E-state index in [1.54, 1.807) is 30.3 Å². The summed E-state index contributed by atoms with van der Waals surface area (Å²) < 4.78 is 0. The van der Waals surface area contributed by atoms with Crippen LogP contribution in [0.1, 0.15) is 39.9 Å². The van der Waals surface area contributed by atoms with Crippen LogP contribution in [0.2, 0.25) is 10.0 Å². The maximum Gasteiger partial charge on any atom is 0.269 e. The van der Waals surface area contributed by atoms with E-state index in [-0.39, 0.29) is 34.4 Å². The zero-order valence-corrected chi connectivity index (χ0v) is 18.8. The van der Waals surface area contributed by atoms with E-state index in [2.05, 4.69) is 22.8 Å². The smallest absolute Gasteiger partial charge is 0.269 e. The van der Waals surface area contributed by atoms with E-state index >= 15 is 0 Å². The van der Waals surface area contributed by atoms with Crippen LogP contribution < -0.4 is 10.6 Å². The summed E-state index contributed by atoms with van der Waals surface area (Å²) in [6, 6.07) is 17.3. The Bertz CT molecular complexity index is 1290. The summed E-state index contributed by atoms with van der Waals surface area (Å²) in [6.45, 7) is 0. The van der Waals surface area contributed by atoms with Crippen molar-refractivity contribution >= 4 is 46.2 Å². The fourth-order valence-corrected chi connectivity index (χ4v) is 5.17. The number of benzene rings is 3. The van der Waals surface area contributed by atoms with Gasteiger partial charge in [0.1, 0.15) is 0 Å². The minimum Gasteiger partial charge on any atom is -0.378 e. The Morgan fingerprint density at radius 1 is 1.06 bits per heavy atom. The summed E-state index contributed by atoms with van der Waals surface area (Å²) in [5.41, 5.74) is 4.21. The lowest BCUT2D eigenvalue weighted by Crippen LogP contribution is -2.29. The van der Waals surface area contributed by atoms with Crippen LogP contribution in [-0.4, -0.2) is 10.8 Å². The van der Waals surface area contributed by atoms with Gasteiger partial charge in [0.05, 0.1) is 21.6 Å². The maximum absolute atomic E-state index is 12.7. The lowest BCUT2D eigenvalue weighted by molar-refractivity contribution is -0.384. The molecule has 166 valence electrons. The number of rotatable bonds is 4. The van der Waals surface area contributed by atoms with Gasteiger partial charge in [0.2, 0.25) is 0 Å². The van der Waals surface area contributed by atoms with Gasteiger partial charge in [-0.1, -0.05) is 47.5 Å². The number of fused-ring (bicyclic) bond motifs is 3. The lowest BCUT2D eigenvalue weighted by atomic mass is 9.77. The fourth-order valence-electron chi connectivity index (χ4n) is 4.68. The molecule has 0 spiro atoms. The molecule has 0 fully saturated rings. The molecule has 8 heteroatoms.